The van der Waals surface area contributed by atoms with Crippen LogP contribution in [0.2, 0.25) is 0 Å². The molecule has 0 radical (unpaired) electrons. The summed E-state index contributed by atoms with van der Waals surface area (Å²) in [5, 5.41) is 17.4. The first-order valence-corrected chi connectivity index (χ1v) is 11.9. The summed E-state index contributed by atoms with van der Waals surface area (Å²) >= 11 is 0. The average Bonchev–Trinajstić information content (AvgIpc) is 2.67. The molecule has 0 aliphatic carbocycles. The van der Waals surface area contributed by atoms with Crippen molar-refractivity contribution in [2.24, 2.45) is 5.92 Å². The van der Waals surface area contributed by atoms with Gasteiger partial charge in [0.05, 0.1) is 5.92 Å². The molecule has 170 valence electrons. The Morgan fingerprint density at radius 3 is 1.28 bits per heavy atom. The Bertz CT molecular complexity index is 433. The third-order valence-electron chi connectivity index (χ3n) is 5.61. The zero-order valence-electron chi connectivity index (χ0n) is 18.6. The lowest BCUT2D eigenvalue weighted by atomic mass is 10.0. The molecule has 0 heterocycles. The first-order valence-electron chi connectivity index (χ1n) is 11.9. The normalized spacial score (nSPS) is 12.0. The number of carbonyl (C=O) groups excluding carboxylic acids is 1. The van der Waals surface area contributed by atoms with E-state index in [0.29, 0.717) is 32.1 Å². The highest BCUT2D eigenvalue weighted by Gasteiger charge is 2.11. The number of Topliss-reactive ketones (excluding diaryl/α,β-unsaturated/α-hetero) is 1. The van der Waals surface area contributed by atoms with Crippen LogP contribution < -0.4 is 0 Å². The molecule has 0 bridgehead atoms. The molecule has 5 heteroatoms. The number of aliphatic carboxylic acids is 2. The van der Waals surface area contributed by atoms with Crippen LogP contribution in [0.4, 0.5) is 0 Å². The van der Waals surface area contributed by atoms with Crippen molar-refractivity contribution in [2.75, 3.05) is 0 Å². The van der Waals surface area contributed by atoms with E-state index >= 15 is 0 Å². The fourth-order valence-electron chi connectivity index (χ4n) is 3.57. The zero-order valence-corrected chi connectivity index (χ0v) is 18.6. The molecule has 0 aliphatic rings. The van der Waals surface area contributed by atoms with Crippen LogP contribution in [-0.4, -0.2) is 27.9 Å². The molecule has 0 aromatic rings. The first-order chi connectivity index (χ1) is 13.9. The summed E-state index contributed by atoms with van der Waals surface area (Å²) in [6.07, 6.45) is 19.4. The molecule has 0 amide bonds. The summed E-state index contributed by atoms with van der Waals surface area (Å²) in [5.74, 6) is -1.52. The van der Waals surface area contributed by atoms with Crippen LogP contribution in [0.3, 0.4) is 0 Å². The van der Waals surface area contributed by atoms with E-state index < -0.39 is 11.9 Å². The molecule has 0 saturated heterocycles. The van der Waals surface area contributed by atoms with Gasteiger partial charge in [0.2, 0.25) is 0 Å². The highest BCUT2D eigenvalue weighted by atomic mass is 16.4. The molecule has 0 rings (SSSR count). The van der Waals surface area contributed by atoms with Gasteiger partial charge in [-0.05, 0) is 25.7 Å². The molecular formula is C24H44O5. The summed E-state index contributed by atoms with van der Waals surface area (Å²) in [4.78, 5) is 32.9. The van der Waals surface area contributed by atoms with Gasteiger partial charge in [0, 0.05) is 19.3 Å². The number of hydrogen-bond acceptors (Lipinski definition) is 3. The van der Waals surface area contributed by atoms with E-state index in [1.807, 2.05) is 0 Å². The van der Waals surface area contributed by atoms with Crippen LogP contribution in [0.15, 0.2) is 0 Å². The van der Waals surface area contributed by atoms with Crippen molar-refractivity contribution in [3.63, 3.8) is 0 Å². The number of carboxylic acid groups (broad SMARTS) is 2. The van der Waals surface area contributed by atoms with Gasteiger partial charge in [0.15, 0.2) is 0 Å². The lowest BCUT2D eigenvalue weighted by Gasteiger charge is -2.05. The Morgan fingerprint density at radius 2 is 0.897 bits per heavy atom. The van der Waals surface area contributed by atoms with Gasteiger partial charge in [-0.1, -0.05) is 84.0 Å². The second-order valence-corrected chi connectivity index (χ2v) is 8.51. The van der Waals surface area contributed by atoms with E-state index in [9.17, 15) is 14.4 Å². The molecule has 0 spiro atoms. The van der Waals surface area contributed by atoms with E-state index in [4.69, 9.17) is 10.2 Å². The van der Waals surface area contributed by atoms with E-state index in [1.54, 1.807) is 6.92 Å². The van der Waals surface area contributed by atoms with Gasteiger partial charge < -0.3 is 10.2 Å². The molecular weight excluding hydrogens is 368 g/mol. The second kappa shape index (κ2) is 19.9. The van der Waals surface area contributed by atoms with E-state index in [0.717, 1.165) is 32.1 Å². The number of carboxylic acids is 2. The molecule has 1 unspecified atom stereocenters. The minimum absolute atomic E-state index is 0.282. The van der Waals surface area contributed by atoms with Gasteiger partial charge in [0.1, 0.15) is 5.78 Å². The van der Waals surface area contributed by atoms with Gasteiger partial charge in [0.25, 0.3) is 0 Å². The van der Waals surface area contributed by atoms with Gasteiger partial charge in [-0.25, -0.2) is 0 Å². The molecule has 0 saturated carbocycles. The fraction of sp³-hybridized carbons (Fsp3) is 0.875. The smallest absolute Gasteiger partial charge is 0.306 e. The minimum Gasteiger partial charge on any atom is -0.481 e. The van der Waals surface area contributed by atoms with E-state index in [2.05, 4.69) is 0 Å². The molecule has 1 atom stereocenters. The largest absolute Gasteiger partial charge is 0.481 e. The Labute approximate surface area is 177 Å². The quantitative estimate of drug-likeness (QED) is 0.191. The van der Waals surface area contributed by atoms with Crippen molar-refractivity contribution in [2.45, 2.75) is 129 Å². The van der Waals surface area contributed by atoms with E-state index in [-0.39, 0.29) is 11.7 Å². The first kappa shape index (κ1) is 27.6. The van der Waals surface area contributed by atoms with Crippen LogP contribution in [0.5, 0.6) is 0 Å². The maximum Gasteiger partial charge on any atom is 0.306 e. The predicted octanol–water partition coefficient (Wildman–Crippen LogP) is 6.77. The Hall–Kier alpha value is -1.39. The molecule has 5 nitrogen and oxygen atoms in total. The summed E-state index contributed by atoms with van der Waals surface area (Å²) in [6, 6.07) is 0. The minimum atomic E-state index is -0.776. The molecule has 0 aromatic heterocycles. The van der Waals surface area contributed by atoms with Crippen LogP contribution in [0.25, 0.3) is 0 Å². The highest BCUT2D eigenvalue weighted by Crippen LogP contribution is 2.15. The molecule has 2 N–H and O–H groups in total. The Morgan fingerprint density at radius 1 is 0.552 bits per heavy atom. The summed E-state index contributed by atoms with van der Waals surface area (Å²) in [7, 11) is 0. The second-order valence-electron chi connectivity index (χ2n) is 8.51. The SMILES string of the molecule is CC(CCCC(=O)CCCCCCCCCCCCCCCCC(=O)O)C(=O)O. The number of hydrogen-bond donors (Lipinski definition) is 2. The molecule has 0 aromatic carbocycles. The number of rotatable bonds is 22. The van der Waals surface area contributed by atoms with Crippen LogP contribution in [-0.2, 0) is 14.4 Å². The summed E-state index contributed by atoms with van der Waals surface area (Å²) in [5.41, 5.74) is 0. The lowest BCUT2D eigenvalue weighted by Crippen LogP contribution is -2.09. The standard InChI is InChI=1S/C24H44O5/c1-21(24(28)29)17-16-19-22(25)18-14-12-10-8-6-4-2-3-5-7-9-11-13-15-20-23(26)27/h21H,2-20H2,1H3,(H,26,27)(H,28,29). The predicted molar refractivity (Wildman–Crippen MR) is 117 cm³/mol. The lowest BCUT2D eigenvalue weighted by molar-refractivity contribution is -0.141. The van der Waals surface area contributed by atoms with Gasteiger partial charge >= 0.3 is 11.9 Å². The van der Waals surface area contributed by atoms with Crippen molar-refractivity contribution in [3.8, 4) is 0 Å². The summed E-state index contributed by atoms with van der Waals surface area (Å²) < 4.78 is 0. The third-order valence-corrected chi connectivity index (χ3v) is 5.61. The third kappa shape index (κ3) is 21.1. The molecule has 29 heavy (non-hydrogen) atoms. The van der Waals surface area contributed by atoms with Crippen LogP contribution in [0.1, 0.15) is 129 Å². The van der Waals surface area contributed by atoms with Crippen molar-refractivity contribution >= 4 is 17.7 Å². The van der Waals surface area contributed by atoms with Crippen molar-refractivity contribution in [1.82, 2.24) is 0 Å². The number of unbranched alkanes of at least 4 members (excludes halogenated alkanes) is 13. The zero-order chi connectivity index (χ0) is 21.7. The Kier molecular flexibility index (Phi) is 19.0. The van der Waals surface area contributed by atoms with Crippen LogP contribution >= 0.6 is 0 Å². The van der Waals surface area contributed by atoms with Gasteiger partial charge in [-0.3, -0.25) is 14.4 Å². The Balaban J connectivity index is 3.21. The van der Waals surface area contributed by atoms with Crippen molar-refractivity contribution in [3.05, 3.63) is 0 Å². The fourth-order valence-corrected chi connectivity index (χ4v) is 3.57. The topological polar surface area (TPSA) is 91.7 Å². The maximum atomic E-state index is 11.8. The average molecular weight is 413 g/mol. The molecule has 0 fully saturated rings. The number of ketones is 1. The number of carbonyl (C=O) groups is 3. The van der Waals surface area contributed by atoms with Crippen molar-refractivity contribution < 1.29 is 24.6 Å². The molecule has 0 aliphatic heterocycles. The van der Waals surface area contributed by atoms with Gasteiger partial charge in [-0.2, -0.15) is 0 Å². The van der Waals surface area contributed by atoms with E-state index in [1.165, 1.54) is 57.8 Å². The maximum absolute atomic E-state index is 11.8. The summed E-state index contributed by atoms with van der Waals surface area (Å²) in [6.45, 7) is 1.69. The van der Waals surface area contributed by atoms with Crippen molar-refractivity contribution in [1.29, 1.82) is 0 Å². The van der Waals surface area contributed by atoms with Gasteiger partial charge in [-0.15, -0.1) is 0 Å². The highest BCUT2D eigenvalue weighted by molar-refractivity contribution is 5.78. The monoisotopic (exact) mass is 412 g/mol. The van der Waals surface area contributed by atoms with Crippen LogP contribution in [0, 0.1) is 5.92 Å².